The Bertz CT molecular complexity index is 543. The van der Waals surface area contributed by atoms with Gasteiger partial charge in [0.15, 0.2) is 0 Å². The number of nitrogens with one attached hydrogen (secondary N) is 1. The van der Waals surface area contributed by atoms with Crippen LogP contribution in [0.2, 0.25) is 0 Å². The standard InChI is InChI=1S/C19H23N/c1-20-19(13-15-7-3-2-4-8-15)18-12-6-11-17(14-18)16-9-5-10-16/h2-4,6-8,11-12,14,16,19-20H,5,9-10,13H2,1H3. The highest BCUT2D eigenvalue weighted by molar-refractivity contribution is 5.31. The van der Waals surface area contributed by atoms with Crippen molar-refractivity contribution in [2.75, 3.05) is 7.05 Å². The summed E-state index contributed by atoms with van der Waals surface area (Å²) in [6.45, 7) is 0. The van der Waals surface area contributed by atoms with Crippen molar-refractivity contribution in [1.29, 1.82) is 0 Å². The van der Waals surface area contributed by atoms with E-state index in [1.165, 1.54) is 36.0 Å². The van der Waals surface area contributed by atoms with Crippen LogP contribution in [0.5, 0.6) is 0 Å². The lowest BCUT2D eigenvalue weighted by Gasteiger charge is -2.27. The maximum absolute atomic E-state index is 3.47. The van der Waals surface area contributed by atoms with E-state index in [9.17, 15) is 0 Å². The van der Waals surface area contributed by atoms with Crippen LogP contribution in [0.1, 0.15) is 47.9 Å². The molecule has 0 heterocycles. The second-order valence-electron chi connectivity index (χ2n) is 5.83. The molecule has 0 spiro atoms. The first-order chi connectivity index (χ1) is 9.86. The van der Waals surface area contributed by atoms with E-state index in [0.717, 1.165) is 12.3 Å². The van der Waals surface area contributed by atoms with E-state index in [1.807, 2.05) is 0 Å². The molecule has 0 aliphatic heterocycles. The fourth-order valence-electron chi connectivity index (χ4n) is 3.01. The van der Waals surface area contributed by atoms with Gasteiger partial charge >= 0.3 is 0 Å². The van der Waals surface area contributed by atoms with Crippen molar-refractivity contribution in [2.45, 2.75) is 37.6 Å². The molecule has 1 nitrogen and oxygen atoms in total. The Balaban J connectivity index is 1.78. The normalized spacial score (nSPS) is 16.6. The van der Waals surface area contributed by atoms with E-state index in [2.05, 4.69) is 67.0 Å². The van der Waals surface area contributed by atoms with Crippen LogP contribution in [0.15, 0.2) is 54.6 Å². The molecule has 0 bridgehead atoms. The van der Waals surface area contributed by atoms with Crippen LogP contribution < -0.4 is 5.32 Å². The fourth-order valence-corrected chi connectivity index (χ4v) is 3.01. The Labute approximate surface area is 122 Å². The van der Waals surface area contributed by atoms with Gasteiger partial charge in [0.1, 0.15) is 0 Å². The summed E-state index contributed by atoms with van der Waals surface area (Å²) in [5.41, 5.74) is 4.34. The van der Waals surface area contributed by atoms with Crippen LogP contribution in [0.25, 0.3) is 0 Å². The van der Waals surface area contributed by atoms with Gasteiger partial charge in [-0.05, 0) is 48.9 Å². The lowest BCUT2D eigenvalue weighted by Crippen LogP contribution is -2.19. The predicted molar refractivity (Wildman–Crippen MR) is 85.0 cm³/mol. The Morgan fingerprint density at radius 2 is 1.85 bits per heavy atom. The number of benzene rings is 2. The molecule has 1 heteroatoms. The van der Waals surface area contributed by atoms with E-state index < -0.39 is 0 Å². The van der Waals surface area contributed by atoms with E-state index in [-0.39, 0.29) is 0 Å². The second kappa shape index (κ2) is 6.23. The number of hydrogen-bond donors (Lipinski definition) is 1. The maximum atomic E-state index is 3.47. The lowest BCUT2D eigenvalue weighted by atomic mass is 9.79. The Morgan fingerprint density at radius 1 is 1.05 bits per heavy atom. The van der Waals surface area contributed by atoms with Gasteiger partial charge in [0.2, 0.25) is 0 Å². The summed E-state index contributed by atoms with van der Waals surface area (Å²) >= 11 is 0. The molecule has 0 radical (unpaired) electrons. The zero-order valence-electron chi connectivity index (χ0n) is 12.2. The summed E-state index contributed by atoms with van der Waals surface area (Å²) in [7, 11) is 2.06. The third kappa shape index (κ3) is 2.94. The summed E-state index contributed by atoms with van der Waals surface area (Å²) in [5.74, 6) is 0.809. The molecule has 0 amide bonds. The molecule has 0 saturated heterocycles. The molecule has 2 aromatic rings. The minimum Gasteiger partial charge on any atom is -0.313 e. The average Bonchev–Trinajstić information content (AvgIpc) is 2.44. The molecule has 1 unspecified atom stereocenters. The first-order valence-electron chi connectivity index (χ1n) is 7.68. The molecule has 3 rings (SSSR count). The van der Waals surface area contributed by atoms with Crippen LogP contribution in [0.3, 0.4) is 0 Å². The van der Waals surface area contributed by atoms with Crippen molar-refractivity contribution in [3.05, 3.63) is 71.3 Å². The fraction of sp³-hybridized carbons (Fsp3) is 0.368. The third-order valence-corrected chi connectivity index (χ3v) is 4.52. The topological polar surface area (TPSA) is 12.0 Å². The largest absolute Gasteiger partial charge is 0.313 e. The molecule has 1 aliphatic carbocycles. The molecule has 1 fully saturated rings. The molecular weight excluding hydrogens is 242 g/mol. The lowest BCUT2D eigenvalue weighted by molar-refractivity contribution is 0.419. The monoisotopic (exact) mass is 265 g/mol. The first-order valence-corrected chi connectivity index (χ1v) is 7.68. The summed E-state index contributed by atoms with van der Waals surface area (Å²) in [4.78, 5) is 0. The van der Waals surface area contributed by atoms with Crippen LogP contribution >= 0.6 is 0 Å². The van der Waals surface area contributed by atoms with E-state index in [0.29, 0.717) is 6.04 Å². The van der Waals surface area contributed by atoms with E-state index >= 15 is 0 Å². The quantitative estimate of drug-likeness (QED) is 0.841. The Hall–Kier alpha value is -1.60. The average molecular weight is 265 g/mol. The Morgan fingerprint density at radius 3 is 2.50 bits per heavy atom. The maximum Gasteiger partial charge on any atom is 0.0358 e. The molecule has 1 saturated carbocycles. The molecule has 1 aliphatic rings. The van der Waals surface area contributed by atoms with Crippen molar-refractivity contribution in [3.8, 4) is 0 Å². The minimum absolute atomic E-state index is 0.400. The summed E-state index contributed by atoms with van der Waals surface area (Å²) < 4.78 is 0. The van der Waals surface area contributed by atoms with Crippen LogP contribution in [-0.4, -0.2) is 7.05 Å². The Kier molecular flexibility index (Phi) is 4.17. The molecule has 1 atom stereocenters. The zero-order chi connectivity index (χ0) is 13.8. The van der Waals surface area contributed by atoms with E-state index in [4.69, 9.17) is 0 Å². The van der Waals surface area contributed by atoms with Gasteiger partial charge in [-0.3, -0.25) is 0 Å². The van der Waals surface area contributed by atoms with E-state index in [1.54, 1.807) is 0 Å². The first kappa shape index (κ1) is 13.4. The molecule has 1 N–H and O–H groups in total. The van der Waals surface area contributed by atoms with Crippen molar-refractivity contribution in [2.24, 2.45) is 0 Å². The van der Waals surface area contributed by atoms with Crippen LogP contribution in [0, 0.1) is 0 Å². The minimum atomic E-state index is 0.400. The highest BCUT2D eigenvalue weighted by Gasteiger charge is 2.20. The predicted octanol–water partition coefficient (Wildman–Crippen LogP) is 4.46. The van der Waals surface area contributed by atoms with Gasteiger partial charge in [0.05, 0.1) is 0 Å². The summed E-state index contributed by atoms with van der Waals surface area (Å²) in [5, 5.41) is 3.47. The van der Waals surface area contributed by atoms with Gasteiger partial charge in [-0.15, -0.1) is 0 Å². The molecular formula is C19H23N. The highest BCUT2D eigenvalue weighted by Crippen LogP contribution is 2.37. The number of hydrogen-bond acceptors (Lipinski definition) is 1. The van der Waals surface area contributed by atoms with Crippen molar-refractivity contribution < 1.29 is 0 Å². The zero-order valence-corrected chi connectivity index (χ0v) is 12.2. The third-order valence-electron chi connectivity index (χ3n) is 4.52. The molecule has 0 aromatic heterocycles. The second-order valence-corrected chi connectivity index (χ2v) is 5.83. The van der Waals surface area contributed by atoms with Crippen molar-refractivity contribution >= 4 is 0 Å². The van der Waals surface area contributed by atoms with Gasteiger partial charge in [-0.1, -0.05) is 61.0 Å². The van der Waals surface area contributed by atoms with Crippen molar-refractivity contribution in [1.82, 2.24) is 5.32 Å². The van der Waals surface area contributed by atoms with Crippen molar-refractivity contribution in [3.63, 3.8) is 0 Å². The highest BCUT2D eigenvalue weighted by atomic mass is 14.9. The smallest absolute Gasteiger partial charge is 0.0358 e. The number of likely N-dealkylation sites (N-methyl/N-ethyl adjacent to an activating group) is 1. The van der Waals surface area contributed by atoms with Gasteiger partial charge < -0.3 is 5.32 Å². The summed E-state index contributed by atoms with van der Waals surface area (Å²) in [6, 6.07) is 20.3. The number of rotatable bonds is 5. The van der Waals surface area contributed by atoms with Crippen LogP contribution in [0.4, 0.5) is 0 Å². The van der Waals surface area contributed by atoms with Gasteiger partial charge in [0.25, 0.3) is 0 Å². The summed E-state index contributed by atoms with van der Waals surface area (Å²) in [6.07, 6.45) is 5.18. The SMILES string of the molecule is CNC(Cc1ccccc1)c1cccc(C2CCC2)c1. The van der Waals surface area contributed by atoms with Gasteiger partial charge in [-0.25, -0.2) is 0 Å². The van der Waals surface area contributed by atoms with Gasteiger partial charge in [-0.2, -0.15) is 0 Å². The molecule has 104 valence electrons. The molecule has 2 aromatic carbocycles. The van der Waals surface area contributed by atoms with Gasteiger partial charge in [0, 0.05) is 6.04 Å². The van der Waals surface area contributed by atoms with Crippen LogP contribution in [-0.2, 0) is 6.42 Å². The molecule has 20 heavy (non-hydrogen) atoms.